The first-order valence-electron chi connectivity index (χ1n) is 6.38. The number of nitrogens with zero attached hydrogens (tertiary/aromatic N) is 2. The van der Waals surface area contributed by atoms with Crippen LogP contribution in [-0.2, 0) is 0 Å². The summed E-state index contributed by atoms with van der Waals surface area (Å²) in [5.74, 6) is -1.55. The highest BCUT2D eigenvalue weighted by Gasteiger charge is 2.37. The van der Waals surface area contributed by atoms with Gasteiger partial charge in [-0.05, 0) is 24.6 Å². The van der Waals surface area contributed by atoms with Crippen LogP contribution < -0.4 is 0 Å². The van der Waals surface area contributed by atoms with Gasteiger partial charge in [0.2, 0.25) is 0 Å². The Balaban J connectivity index is 1.96. The number of carbonyl (C=O) groups is 1. The number of aromatic nitrogens is 1. The zero-order valence-electron chi connectivity index (χ0n) is 10.9. The molecule has 0 aliphatic carbocycles. The number of amides is 1. The third kappa shape index (κ3) is 2.66. The van der Waals surface area contributed by atoms with Crippen molar-refractivity contribution in [1.82, 2.24) is 9.88 Å². The highest BCUT2D eigenvalue weighted by Crippen LogP contribution is 2.35. The standard InChI is InChI=1S/C14H12F2N2O2S/c15-8-1-2-11(16)10(3-8)13-4-9(19)5-18(13)14(20)12-6-21-7-17-12/h1-3,6-7,9,13,19H,4-5H2/t9-,13+/m1/s1. The Kier molecular flexibility index (Phi) is 3.69. The first kappa shape index (κ1) is 14.1. The van der Waals surface area contributed by atoms with E-state index in [1.54, 1.807) is 5.38 Å². The third-order valence-electron chi connectivity index (χ3n) is 3.51. The normalized spacial score (nSPS) is 21.8. The second-order valence-corrected chi connectivity index (χ2v) is 5.62. The van der Waals surface area contributed by atoms with Crippen LogP contribution in [0.15, 0.2) is 29.1 Å². The molecule has 1 aliphatic rings. The summed E-state index contributed by atoms with van der Waals surface area (Å²) in [4.78, 5) is 17.7. The minimum absolute atomic E-state index is 0.0788. The van der Waals surface area contributed by atoms with E-state index in [2.05, 4.69) is 4.98 Å². The van der Waals surface area contributed by atoms with E-state index < -0.39 is 23.8 Å². The molecular formula is C14H12F2N2O2S. The average molecular weight is 310 g/mol. The SMILES string of the molecule is O=C(c1cscn1)N1C[C@H](O)C[C@H]1c1cc(F)ccc1F. The largest absolute Gasteiger partial charge is 0.391 e. The van der Waals surface area contributed by atoms with E-state index in [1.807, 2.05) is 0 Å². The van der Waals surface area contributed by atoms with Gasteiger partial charge in [0.15, 0.2) is 0 Å². The van der Waals surface area contributed by atoms with Gasteiger partial charge < -0.3 is 10.0 Å². The maximum Gasteiger partial charge on any atom is 0.273 e. The van der Waals surface area contributed by atoms with E-state index in [-0.39, 0.29) is 30.1 Å². The van der Waals surface area contributed by atoms with Gasteiger partial charge in [-0.15, -0.1) is 11.3 Å². The average Bonchev–Trinajstić information content (AvgIpc) is 3.10. The van der Waals surface area contributed by atoms with Crippen LogP contribution in [-0.4, -0.2) is 33.5 Å². The zero-order chi connectivity index (χ0) is 15.0. The molecule has 2 aromatic rings. The molecule has 4 nitrogen and oxygen atoms in total. The lowest BCUT2D eigenvalue weighted by molar-refractivity contribution is 0.0708. The Morgan fingerprint density at radius 2 is 2.24 bits per heavy atom. The predicted octanol–water partition coefficient (Wildman–Crippen LogP) is 2.37. The molecule has 1 aliphatic heterocycles. The van der Waals surface area contributed by atoms with Crippen LogP contribution in [0.2, 0.25) is 0 Å². The number of hydrogen-bond acceptors (Lipinski definition) is 4. The molecule has 110 valence electrons. The van der Waals surface area contributed by atoms with E-state index in [0.29, 0.717) is 0 Å². The van der Waals surface area contributed by atoms with Crippen molar-refractivity contribution in [3.63, 3.8) is 0 Å². The van der Waals surface area contributed by atoms with E-state index in [9.17, 15) is 18.7 Å². The monoisotopic (exact) mass is 310 g/mol. The van der Waals surface area contributed by atoms with Crippen molar-refractivity contribution < 1.29 is 18.7 Å². The quantitative estimate of drug-likeness (QED) is 0.926. The minimum Gasteiger partial charge on any atom is -0.391 e. The Morgan fingerprint density at radius 1 is 1.43 bits per heavy atom. The minimum atomic E-state index is -0.764. The number of halogens is 2. The van der Waals surface area contributed by atoms with Crippen molar-refractivity contribution in [2.75, 3.05) is 6.54 Å². The number of carbonyl (C=O) groups excluding carboxylic acids is 1. The number of benzene rings is 1. The summed E-state index contributed by atoms with van der Waals surface area (Å²) in [6.07, 6.45) is -0.587. The first-order chi connectivity index (χ1) is 10.1. The predicted molar refractivity (Wildman–Crippen MR) is 72.9 cm³/mol. The summed E-state index contributed by atoms with van der Waals surface area (Å²) in [7, 11) is 0. The Labute approximate surface area is 123 Å². The van der Waals surface area contributed by atoms with E-state index in [4.69, 9.17) is 0 Å². The van der Waals surface area contributed by atoms with Crippen LogP contribution in [0, 0.1) is 11.6 Å². The summed E-state index contributed by atoms with van der Waals surface area (Å²) in [5, 5.41) is 11.4. The lowest BCUT2D eigenvalue weighted by atomic mass is 10.0. The summed E-state index contributed by atoms with van der Waals surface area (Å²) in [5.41, 5.74) is 1.85. The second kappa shape index (κ2) is 5.50. The fourth-order valence-electron chi connectivity index (χ4n) is 2.57. The molecule has 1 aromatic heterocycles. The molecule has 1 aromatic carbocycles. The smallest absolute Gasteiger partial charge is 0.273 e. The molecule has 1 amide bonds. The van der Waals surface area contributed by atoms with Gasteiger partial charge in [-0.25, -0.2) is 13.8 Å². The van der Waals surface area contributed by atoms with E-state index in [1.165, 1.54) is 21.7 Å². The van der Waals surface area contributed by atoms with Crippen LogP contribution in [0.4, 0.5) is 8.78 Å². The molecule has 0 bridgehead atoms. The molecule has 1 N–H and O–H groups in total. The van der Waals surface area contributed by atoms with Crippen molar-refractivity contribution in [1.29, 1.82) is 0 Å². The lowest BCUT2D eigenvalue weighted by Gasteiger charge is -2.24. The Hall–Kier alpha value is -1.86. The first-order valence-corrected chi connectivity index (χ1v) is 7.32. The van der Waals surface area contributed by atoms with Gasteiger partial charge in [0.1, 0.15) is 17.3 Å². The van der Waals surface area contributed by atoms with Gasteiger partial charge in [0.05, 0.1) is 17.7 Å². The number of aliphatic hydroxyl groups excluding tert-OH is 1. The van der Waals surface area contributed by atoms with E-state index in [0.717, 1.165) is 18.2 Å². The molecule has 0 radical (unpaired) electrons. The third-order valence-corrected chi connectivity index (χ3v) is 4.09. The summed E-state index contributed by atoms with van der Waals surface area (Å²) in [6.45, 7) is 0.0803. The molecule has 1 saturated heterocycles. The van der Waals surface area contributed by atoms with Crippen molar-refractivity contribution in [2.24, 2.45) is 0 Å². The van der Waals surface area contributed by atoms with Crippen LogP contribution >= 0.6 is 11.3 Å². The maximum absolute atomic E-state index is 13.9. The van der Waals surface area contributed by atoms with Crippen molar-refractivity contribution >= 4 is 17.2 Å². The summed E-state index contributed by atoms with van der Waals surface area (Å²) in [6, 6.07) is 2.43. The van der Waals surface area contributed by atoms with Crippen molar-refractivity contribution in [2.45, 2.75) is 18.6 Å². The number of hydrogen-bond donors (Lipinski definition) is 1. The van der Waals surface area contributed by atoms with Crippen molar-refractivity contribution in [3.8, 4) is 0 Å². The van der Waals surface area contributed by atoms with E-state index >= 15 is 0 Å². The number of thiazole rings is 1. The van der Waals surface area contributed by atoms with Gasteiger partial charge in [-0.1, -0.05) is 0 Å². The molecular weight excluding hydrogens is 298 g/mol. The number of aliphatic hydroxyl groups is 1. The summed E-state index contributed by atoms with van der Waals surface area (Å²) < 4.78 is 27.3. The second-order valence-electron chi connectivity index (χ2n) is 4.90. The number of rotatable bonds is 2. The highest BCUT2D eigenvalue weighted by atomic mass is 32.1. The zero-order valence-corrected chi connectivity index (χ0v) is 11.7. The Bertz CT molecular complexity index is 663. The van der Waals surface area contributed by atoms with Gasteiger partial charge in [-0.3, -0.25) is 4.79 Å². The molecule has 2 heterocycles. The van der Waals surface area contributed by atoms with Gasteiger partial charge >= 0.3 is 0 Å². The molecule has 0 spiro atoms. The van der Waals surface area contributed by atoms with Gasteiger partial charge in [0.25, 0.3) is 5.91 Å². The van der Waals surface area contributed by atoms with Crippen LogP contribution in [0.1, 0.15) is 28.5 Å². The molecule has 21 heavy (non-hydrogen) atoms. The lowest BCUT2D eigenvalue weighted by Crippen LogP contribution is -2.32. The number of β-amino-alcohol motifs (C(OH)–C–C–N with tert-alkyl or cyclic N) is 1. The van der Waals surface area contributed by atoms with Crippen LogP contribution in [0.25, 0.3) is 0 Å². The maximum atomic E-state index is 13.9. The number of likely N-dealkylation sites (tertiary alicyclic amines) is 1. The molecule has 0 unspecified atom stereocenters. The molecule has 1 fully saturated rings. The van der Waals surface area contributed by atoms with Crippen LogP contribution in [0.3, 0.4) is 0 Å². The van der Waals surface area contributed by atoms with Gasteiger partial charge in [0, 0.05) is 17.5 Å². The molecule has 7 heteroatoms. The Morgan fingerprint density at radius 3 is 2.95 bits per heavy atom. The fraction of sp³-hybridized carbons (Fsp3) is 0.286. The topological polar surface area (TPSA) is 53.4 Å². The fourth-order valence-corrected chi connectivity index (χ4v) is 3.09. The molecule has 3 rings (SSSR count). The van der Waals surface area contributed by atoms with Crippen molar-refractivity contribution in [3.05, 3.63) is 52.0 Å². The highest BCUT2D eigenvalue weighted by molar-refractivity contribution is 7.07. The van der Waals surface area contributed by atoms with Gasteiger partial charge in [-0.2, -0.15) is 0 Å². The molecule has 2 atom stereocenters. The molecule has 0 saturated carbocycles. The summed E-state index contributed by atoms with van der Waals surface area (Å²) >= 11 is 1.27. The van der Waals surface area contributed by atoms with Crippen LogP contribution in [0.5, 0.6) is 0 Å².